The number of hydrogen-bond donors (Lipinski definition) is 0. The molecule has 0 spiro atoms. The van der Waals surface area contributed by atoms with E-state index in [-0.39, 0.29) is 13.6 Å². The molecule has 2 aromatic carbocycles. The molecular formula is C20H14O8. The third-order valence-electron chi connectivity index (χ3n) is 5.52. The van der Waals surface area contributed by atoms with E-state index in [1.165, 1.54) is 0 Å². The van der Waals surface area contributed by atoms with Crippen LogP contribution in [-0.2, 0) is 19.1 Å². The highest BCUT2D eigenvalue weighted by molar-refractivity contribution is 5.89. The minimum atomic E-state index is -0.724. The van der Waals surface area contributed by atoms with Gasteiger partial charge in [0.25, 0.3) is 0 Å². The summed E-state index contributed by atoms with van der Waals surface area (Å²) in [5.74, 6) is 0.0223. The molecule has 0 amide bonds. The van der Waals surface area contributed by atoms with Crippen molar-refractivity contribution in [1.82, 2.24) is 0 Å². The summed E-state index contributed by atoms with van der Waals surface area (Å²) in [5, 5.41) is 0. The van der Waals surface area contributed by atoms with Crippen molar-refractivity contribution in [3.8, 4) is 23.0 Å². The molecule has 0 aliphatic carbocycles. The average molecular weight is 382 g/mol. The summed E-state index contributed by atoms with van der Waals surface area (Å²) in [6, 6.07) is 10.5. The fraction of sp³-hybridized carbons (Fsp3) is 0.300. The fourth-order valence-electron chi connectivity index (χ4n) is 4.20. The molecule has 2 aromatic rings. The predicted molar refractivity (Wildman–Crippen MR) is 89.8 cm³/mol. The van der Waals surface area contributed by atoms with Crippen LogP contribution in [0.4, 0.5) is 0 Å². The van der Waals surface area contributed by atoms with Crippen LogP contribution in [0.2, 0.25) is 0 Å². The van der Waals surface area contributed by atoms with Gasteiger partial charge in [0, 0.05) is 0 Å². The maximum atomic E-state index is 12.7. The fourth-order valence-corrected chi connectivity index (χ4v) is 4.20. The first-order valence-electron chi connectivity index (χ1n) is 8.89. The lowest BCUT2D eigenvalue weighted by Crippen LogP contribution is -2.19. The van der Waals surface area contributed by atoms with E-state index >= 15 is 0 Å². The highest BCUT2D eigenvalue weighted by Gasteiger charge is 2.60. The van der Waals surface area contributed by atoms with Crippen LogP contribution >= 0.6 is 0 Å². The molecule has 2 saturated heterocycles. The molecule has 2 fully saturated rings. The largest absolute Gasteiger partial charge is 0.456 e. The standard InChI is InChI=1S/C20H14O8/c21-19-15-16(18(28-19)10-2-4-12-14(6-10)26-8-24-12)20(22)27-17(15)9-1-3-11-13(5-9)25-7-23-11/h1-6,15-18H,7-8H2/t15-,16-,17-,18-/m0/s1. The van der Waals surface area contributed by atoms with Crippen molar-refractivity contribution in [2.45, 2.75) is 12.2 Å². The van der Waals surface area contributed by atoms with Gasteiger partial charge in [0.2, 0.25) is 13.6 Å². The van der Waals surface area contributed by atoms with Gasteiger partial charge in [-0.05, 0) is 35.4 Å². The lowest BCUT2D eigenvalue weighted by Gasteiger charge is -2.15. The van der Waals surface area contributed by atoms with Gasteiger partial charge in [-0.15, -0.1) is 0 Å². The van der Waals surface area contributed by atoms with E-state index in [9.17, 15) is 9.59 Å². The molecule has 0 N–H and O–H groups in total. The minimum absolute atomic E-state index is 0.142. The zero-order valence-electron chi connectivity index (χ0n) is 14.5. The van der Waals surface area contributed by atoms with E-state index in [1.807, 2.05) is 0 Å². The van der Waals surface area contributed by atoms with E-state index in [0.717, 1.165) is 0 Å². The van der Waals surface area contributed by atoms with Crippen molar-refractivity contribution in [2.75, 3.05) is 13.6 Å². The number of rotatable bonds is 2. The highest BCUT2D eigenvalue weighted by atomic mass is 16.7. The first-order chi connectivity index (χ1) is 13.7. The molecule has 8 heteroatoms. The topological polar surface area (TPSA) is 89.5 Å². The average Bonchev–Trinajstić information content (AvgIpc) is 3.46. The Balaban J connectivity index is 1.35. The first kappa shape index (κ1) is 15.6. The summed E-state index contributed by atoms with van der Waals surface area (Å²) in [7, 11) is 0. The summed E-state index contributed by atoms with van der Waals surface area (Å²) in [4.78, 5) is 25.3. The molecule has 142 valence electrons. The summed E-state index contributed by atoms with van der Waals surface area (Å²) < 4.78 is 32.6. The molecule has 4 aliphatic heterocycles. The van der Waals surface area contributed by atoms with E-state index in [4.69, 9.17) is 28.4 Å². The Bertz CT molecular complexity index is 934. The zero-order chi connectivity index (χ0) is 18.8. The SMILES string of the molecule is O=C1O[C@@H](c2ccc3c(c2)OCO3)[C@H]2C(=O)O[C@@H](c3ccc4c(c3)OCO4)[C@@H]12. The summed E-state index contributed by atoms with van der Waals surface area (Å²) in [5.41, 5.74) is 1.35. The monoisotopic (exact) mass is 382 g/mol. The number of benzene rings is 2. The number of esters is 2. The number of carbonyl (C=O) groups is 2. The summed E-state index contributed by atoms with van der Waals surface area (Å²) >= 11 is 0. The van der Waals surface area contributed by atoms with Crippen molar-refractivity contribution < 1.29 is 38.0 Å². The van der Waals surface area contributed by atoms with Gasteiger partial charge < -0.3 is 28.4 Å². The minimum Gasteiger partial charge on any atom is -0.456 e. The van der Waals surface area contributed by atoms with Crippen LogP contribution in [0.5, 0.6) is 23.0 Å². The van der Waals surface area contributed by atoms with Gasteiger partial charge in [-0.1, -0.05) is 12.1 Å². The lowest BCUT2D eigenvalue weighted by molar-refractivity contribution is -0.154. The quantitative estimate of drug-likeness (QED) is 0.731. The predicted octanol–water partition coefficient (Wildman–Crippen LogP) is 2.27. The maximum absolute atomic E-state index is 12.7. The van der Waals surface area contributed by atoms with Gasteiger partial charge in [-0.25, -0.2) is 0 Å². The van der Waals surface area contributed by atoms with Crippen LogP contribution in [0.3, 0.4) is 0 Å². The van der Waals surface area contributed by atoms with Crippen molar-refractivity contribution in [3.05, 3.63) is 47.5 Å². The van der Waals surface area contributed by atoms with Gasteiger partial charge >= 0.3 is 11.9 Å². The van der Waals surface area contributed by atoms with Crippen LogP contribution in [0, 0.1) is 11.8 Å². The third-order valence-corrected chi connectivity index (χ3v) is 5.52. The van der Waals surface area contributed by atoms with Gasteiger partial charge in [0.1, 0.15) is 24.0 Å². The summed E-state index contributed by atoms with van der Waals surface area (Å²) in [6.45, 7) is 0.285. The number of ether oxygens (including phenoxy) is 6. The van der Waals surface area contributed by atoms with E-state index in [1.54, 1.807) is 36.4 Å². The Labute approximate surface area is 158 Å². The van der Waals surface area contributed by atoms with Crippen molar-refractivity contribution in [3.63, 3.8) is 0 Å². The van der Waals surface area contributed by atoms with E-state index in [0.29, 0.717) is 34.1 Å². The van der Waals surface area contributed by atoms with Crippen molar-refractivity contribution >= 4 is 11.9 Å². The molecule has 0 saturated carbocycles. The smallest absolute Gasteiger partial charge is 0.314 e. The number of fused-ring (bicyclic) bond motifs is 3. The van der Waals surface area contributed by atoms with E-state index in [2.05, 4.69) is 0 Å². The zero-order valence-corrected chi connectivity index (χ0v) is 14.5. The summed E-state index contributed by atoms with van der Waals surface area (Å²) in [6.07, 6.45) is -1.45. The molecule has 4 heterocycles. The first-order valence-corrected chi connectivity index (χ1v) is 8.89. The highest BCUT2D eigenvalue weighted by Crippen LogP contribution is 2.53. The van der Waals surface area contributed by atoms with E-state index < -0.39 is 36.0 Å². The van der Waals surface area contributed by atoms with Gasteiger partial charge in [0.15, 0.2) is 23.0 Å². The molecule has 0 aromatic heterocycles. The maximum Gasteiger partial charge on any atom is 0.314 e. The molecule has 6 rings (SSSR count). The second-order valence-electron chi connectivity index (χ2n) is 6.99. The Kier molecular flexibility index (Phi) is 3.09. The van der Waals surface area contributed by atoms with Crippen LogP contribution < -0.4 is 18.9 Å². The van der Waals surface area contributed by atoms with Gasteiger partial charge in [-0.2, -0.15) is 0 Å². The molecule has 4 aliphatic rings. The molecule has 28 heavy (non-hydrogen) atoms. The van der Waals surface area contributed by atoms with Crippen LogP contribution in [0.25, 0.3) is 0 Å². The second kappa shape index (κ2) is 5.54. The molecule has 0 bridgehead atoms. The molecule has 4 atom stereocenters. The molecule has 0 unspecified atom stereocenters. The molecular weight excluding hydrogens is 368 g/mol. The van der Waals surface area contributed by atoms with Crippen LogP contribution in [0.15, 0.2) is 36.4 Å². The normalized spacial score (nSPS) is 28.9. The van der Waals surface area contributed by atoms with Crippen LogP contribution in [0.1, 0.15) is 23.3 Å². The third kappa shape index (κ3) is 2.11. The number of cyclic esters (lactones) is 2. The second-order valence-corrected chi connectivity index (χ2v) is 6.99. The number of hydrogen-bond acceptors (Lipinski definition) is 8. The van der Waals surface area contributed by atoms with Crippen LogP contribution in [-0.4, -0.2) is 25.5 Å². The molecule has 8 nitrogen and oxygen atoms in total. The Morgan fingerprint density at radius 2 is 1.04 bits per heavy atom. The lowest BCUT2D eigenvalue weighted by atomic mass is 9.84. The molecule has 0 radical (unpaired) electrons. The Morgan fingerprint density at radius 3 is 1.50 bits per heavy atom. The van der Waals surface area contributed by atoms with Crippen molar-refractivity contribution in [2.24, 2.45) is 11.8 Å². The Morgan fingerprint density at radius 1 is 0.607 bits per heavy atom. The number of carbonyl (C=O) groups excluding carboxylic acids is 2. The Hall–Kier alpha value is -3.42. The van der Waals surface area contributed by atoms with Crippen molar-refractivity contribution in [1.29, 1.82) is 0 Å². The van der Waals surface area contributed by atoms with Gasteiger partial charge in [-0.3, -0.25) is 9.59 Å². The van der Waals surface area contributed by atoms with Gasteiger partial charge in [0.05, 0.1) is 0 Å².